The summed E-state index contributed by atoms with van der Waals surface area (Å²) in [7, 11) is 0. The first-order valence-electron chi connectivity index (χ1n) is 12.7. The minimum Gasteiger partial charge on any atom is -0.494 e. The summed E-state index contributed by atoms with van der Waals surface area (Å²) in [5.74, 6) is 0.475. The van der Waals surface area contributed by atoms with Gasteiger partial charge in [-0.15, -0.1) is 0 Å². The van der Waals surface area contributed by atoms with Crippen molar-refractivity contribution in [3.8, 4) is 5.75 Å². The van der Waals surface area contributed by atoms with E-state index in [1.165, 1.54) is 0 Å². The summed E-state index contributed by atoms with van der Waals surface area (Å²) in [5.41, 5.74) is 2.51. The molecule has 0 spiro atoms. The molecule has 0 saturated carbocycles. The van der Waals surface area contributed by atoms with Crippen molar-refractivity contribution in [1.82, 2.24) is 10.2 Å². The van der Waals surface area contributed by atoms with Gasteiger partial charge in [-0.05, 0) is 63.4 Å². The number of rotatable bonds is 11. The van der Waals surface area contributed by atoms with Gasteiger partial charge in [0.25, 0.3) is 0 Å². The van der Waals surface area contributed by atoms with Crippen molar-refractivity contribution in [1.29, 1.82) is 0 Å². The molecule has 0 radical (unpaired) electrons. The van der Waals surface area contributed by atoms with E-state index in [-0.39, 0.29) is 24.8 Å². The summed E-state index contributed by atoms with van der Waals surface area (Å²) in [6, 6.07) is 24.4. The van der Waals surface area contributed by atoms with Crippen LogP contribution in [-0.2, 0) is 22.6 Å². The fourth-order valence-electron chi connectivity index (χ4n) is 4.01. The number of benzene rings is 3. The SMILES string of the molecule is Cc1ccc(OCCCC(=O)N(Cc2ccccc2Cl)[C@H](Cc2ccccc2)C(=O)NC(C)(C)C)cc1. The van der Waals surface area contributed by atoms with E-state index < -0.39 is 11.6 Å². The van der Waals surface area contributed by atoms with Crippen LogP contribution >= 0.6 is 11.6 Å². The first-order valence-corrected chi connectivity index (χ1v) is 13.1. The second kappa shape index (κ2) is 13.3. The van der Waals surface area contributed by atoms with E-state index in [9.17, 15) is 9.59 Å². The highest BCUT2D eigenvalue weighted by Gasteiger charge is 2.32. The van der Waals surface area contributed by atoms with E-state index in [0.29, 0.717) is 24.5 Å². The summed E-state index contributed by atoms with van der Waals surface area (Å²) in [6.45, 7) is 8.49. The van der Waals surface area contributed by atoms with Crippen LogP contribution in [0, 0.1) is 6.92 Å². The van der Waals surface area contributed by atoms with E-state index >= 15 is 0 Å². The molecule has 0 aliphatic rings. The van der Waals surface area contributed by atoms with Gasteiger partial charge >= 0.3 is 0 Å². The van der Waals surface area contributed by atoms with Crippen molar-refractivity contribution in [2.75, 3.05) is 6.61 Å². The quantitative estimate of drug-likeness (QED) is 0.299. The maximum Gasteiger partial charge on any atom is 0.243 e. The summed E-state index contributed by atoms with van der Waals surface area (Å²) in [4.78, 5) is 28.9. The second-order valence-corrected chi connectivity index (χ2v) is 10.7. The molecular formula is C31H37ClN2O3. The van der Waals surface area contributed by atoms with Crippen LogP contribution in [0.1, 0.15) is 50.3 Å². The number of halogens is 1. The van der Waals surface area contributed by atoms with Gasteiger partial charge in [0.15, 0.2) is 0 Å². The smallest absolute Gasteiger partial charge is 0.243 e. The summed E-state index contributed by atoms with van der Waals surface area (Å²) < 4.78 is 5.83. The van der Waals surface area contributed by atoms with Gasteiger partial charge in [-0.25, -0.2) is 0 Å². The number of nitrogens with one attached hydrogen (secondary N) is 1. The van der Waals surface area contributed by atoms with Gasteiger partial charge in [0.2, 0.25) is 11.8 Å². The van der Waals surface area contributed by atoms with E-state index in [0.717, 1.165) is 22.4 Å². The Labute approximate surface area is 225 Å². The van der Waals surface area contributed by atoms with Gasteiger partial charge in [-0.3, -0.25) is 9.59 Å². The minimum absolute atomic E-state index is 0.114. The molecule has 0 heterocycles. The number of carbonyl (C=O) groups excluding carboxylic acids is 2. The molecule has 0 fully saturated rings. The molecule has 37 heavy (non-hydrogen) atoms. The maximum absolute atomic E-state index is 13.7. The Bertz CT molecular complexity index is 1160. The largest absolute Gasteiger partial charge is 0.494 e. The van der Waals surface area contributed by atoms with Crippen molar-refractivity contribution < 1.29 is 14.3 Å². The van der Waals surface area contributed by atoms with Crippen LogP contribution in [0.15, 0.2) is 78.9 Å². The topological polar surface area (TPSA) is 58.6 Å². The molecule has 5 nitrogen and oxygen atoms in total. The van der Waals surface area contributed by atoms with E-state index in [1.807, 2.05) is 100 Å². The third kappa shape index (κ3) is 9.25. The highest BCUT2D eigenvalue weighted by Crippen LogP contribution is 2.22. The lowest BCUT2D eigenvalue weighted by molar-refractivity contribution is -0.142. The van der Waals surface area contributed by atoms with Gasteiger partial charge < -0.3 is 15.0 Å². The number of amides is 2. The van der Waals surface area contributed by atoms with E-state index in [4.69, 9.17) is 16.3 Å². The zero-order valence-corrected chi connectivity index (χ0v) is 22.9. The fraction of sp³-hybridized carbons (Fsp3) is 0.355. The van der Waals surface area contributed by atoms with Crippen molar-refractivity contribution in [3.05, 3.63) is 101 Å². The molecule has 3 rings (SSSR count). The van der Waals surface area contributed by atoms with Gasteiger partial charge in [0.1, 0.15) is 11.8 Å². The predicted octanol–water partition coefficient (Wildman–Crippen LogP) is 6.36. The highest BCUT2D eigenvalue weighted by molar-refractivity contribution is 6.31. The molecule has 1 atom stereocenters. The van der Waals surface area contributed by atoms with Crippen LogP contribution in [-0.4, -0.2) is 34.9 Å². The van der Waals surface area contributed by atoms with E-state index in [1.54, 1.807) is 11.0 Å². The number of hydrogen-bond acceptors (Lipinski definition) is 3. The average Bonchev–Trinajstić information content (AvgIpc) is 2.85. The molecule has 0 unspecified atom stereocenters. The van der Waals surface area contributed by atoms with Crippen molar-refractivity contribution >= 4 is 23.4 Å². The summed E-state index contributed by atoms with van der Waals surface area (Å²) in [5, 5.41) is 3.65. The molecule has 0 aliphatic heterocycles. The Morgan fingerprint density at radius 1 is 0.946 bits per heavy atom. The summed E-state index contributed by atoms with van der Waals surface area (Å²) >= 11 is 6.47. The van der Waals surface area contributed by atoms with Crippen LogP contribution in [0.25, 0.3) is 0 Å². The van der Waals surface area contributed by atoms with Crippen molar-refractivity contribution in [3.63, 3.8) is 0 Å². The Hall–Kier alpha value is -3.31. The first-order chi connectivity index (χ1) is 17.6. The number of hydrogen-bond donors (Lipinski definition) is 1. The van der Waals surface area contributed by atoms with Crippen molar-refractivity contribution in [2.45, 2.75) is 65.1 Å². The molecule has 0 bridgehead atoms. The number of carbonyl (C=O) groups is 2. The maximum atomic E-state index is 13.7. The number of ether oxygens (including phenoxy) is 1. The lowest BCUT2D eigenvalue weighted by Gasteiger charge is -2.34. The summed E-state index contributed by atoms with van der Waals surface area (Å²) in [6.07, 6.45) is 1.19. The van der Waals surface area contributed by atoms with Crippen LogP contribution in [0.2, 0.25) is 5.02 Å². The highest BCUT2D eigenvalue weighted by atomic mass is 35.5. The van der Waals surface area contributed by atoms with Crippen LogP contribution in [0.5, 0.6) is 5.75 Å². The molecule has 0 aromatic heterocycles. The van der Waals surface area contributed by atoms with Crippen LogP contribution in [0.4, 0.5) is 0 Å². The lowest BCUT2D eigenvalue weighted by atomic mass is 10.00. The first kappa shape index (κ1) is 28.3. The normalized spacial score (nSPS) is 12.0. The molecule has 3 aromatic rings. The van der Waals surface area contributed by atoms with Gasteiger partial charge in [0, 0.05) is 29.9 Å². The Balaban J connectivity index is 1.81. The van der Waals surface area contributed by atoms with E-state index in [2.05, 4.69) is 5.32 Å². The zero-order chi connectivity index (χ0) is 26.8. The van der Waals surface area contributed by atoms with Crippen molar-refractivity contribution in [2.24, 2.45) is 0 Å². The number of nitrogens with zero attached hydrogens (tertiary/aromatic N) is 1. The third-order valence-electron chi connectivity index (χ3n) is 5.89. The Morgan fingerprint density at radius 2 is 1.59 bits per heavy atom. The second-order valence-electron chi connectivity index (χ2n) is 10.3. The van der Waals surface area contributed by atoms with Crippen LogP contribution in [0.3, 0.4) is 0 Å². The third-order valence-corrected chi connectivity index (χ3v) is 6.26. The predicted molar refractivity (Wildman–Crippen MR) is 150 cm³/mol. The zero-order valence-electron chi connectivity index (χ0n) is 22.2. The van der Waals surface area contributed by atoms with Gasteiger partial charge in [-0.1, -0.05) is 77.8 Å². The standard InChI is InChI=1S/C31H37ClN2O3/c1-23-16-18-26(19-17-23)37-20-10-15-29(35)34(22-25-13-8-9-14-27(25)32)28(30(36)33-31(2,3)4)21-24-11-6-5-7-12-24/h5-9,11-14,16-19,28H,10,15,20-22H2,1-4H3,(H,33,36)/t28-/m1/s1. The van der Waals surface area contributed by atoms with Gasteiger partial charge in [-0.2, -0.15) is 0 Å². The molecule has 3 aromatic carbocycles. The molecule has 1 N–H and O–H groups in total. The molecule has 2 amide bonds. The average molecular weight is 521 g/mol. The minimum atomic E-state index is -0.691. The molecule has 6 heteroatoms. The molecule has 0 aliphatic carbocycles. The van der Waals surface area contributed by atoms with Crippen LogP contribution < -0.4 is 10.1 Å². The molecular weight excluding hydrogens is 484 g/mol. The monoisotopic (exact) mass is 520 g/mol. The molecule has 196 valence electrons. The van der Waals surface area contributed by atoms with Gasteiger partial charge in [0.05, 0.1) is 6.61 Å². The fourth-order valence-corrected chi connectivity index (χ4v) is 4.20. The Morgan fingerprint density at radius 3 is 2.24 bits per heavy atom. The lowest BCUT2D eigenvalue weighted by Crippen LogP contribution is -2.54. The Kier molecular flexibility index (Phi) is 10.2. The molecule has 0 saturated heterocycles. The number of aryl methyl sites for hydroxylation is 1.